The van der Waals surface area contributed by atoms with Crippen molar-refractivity contribution >= 4 is 40.5 Å². The molecule has 7 heteroatoms. The summed E-state index contributed by atoms with van der Waals surface area (Å²) in [5.74, 6) is -0.238. The van der Waals surface area contributed by atoms with Crippen molar-refractivity contribution in [3.63, 3.8) is 0 Å². The summed E-state index contributed by atoms with van der Waals surface area (Å²) in [6.07, 6.45) is 1.81. The molecule has 5 nitrogen and oxygen atoms in total. The first kappa shape index (κ1) is 16.2. The van der Waals surface area contributed by atoms with Crippen LogP contribution in [-0.2, 0) is 11.2 Å². The van der Waals surface area contributed by atoms with E-state index >= 15 is 0 Å². The van der Waals surface area contributed by atoms with Gasteiger partial charge in [-0.25, -0.2) is 0 Å². The summed E-state index contributed by atoms with van der Waals surface area (Å²) in [7, 11) is 0. The van der Waals surface area contributed by atoms with Gasteiger partial charge in [0.15, 0.2) is 5.11 Å². The van der Waals surface area contributed by atoms with Gasteiger partial charge >= 0.3 is 0 Å². The van der Waals surface area contributed by atoms with Gasteiger partial charge in [0, 0.05) is 11.9 Å². The Morgan fingerprint density at radius 3 is 2.82 bits per heavy atom. The normalized spacial score (nSPS) is 9.91. The van der Waals surface area contributed by atoms with E-state index in [9.17, 15) is 4.79 Å². The lowest BCUT2D eigenvalue weighted by molar-refractivity contribution is -0.121. The zero-order valence-electron chi connectivity index (χ0n) is 11.9. The first-order chi connectivity index (χ1) is 10.5. The number of amides is 1. The van der Waals surface area contributed by atoms with E-state index in [1.54, 1.807) is 24.4 Å². The van der Waals surface area contributed by atoms with Gasteiger partial charge < -0.3 is 5.32 Å². The molecule has 0 unspecified atom stereocenters. The molecule has 2 aromatic rings. The number of halogens is 1. The molecule has 3 N–H and O–H groups in total. The van der Waals surface area contributed by atoms with Crippen molar-refractivity contribution in [3.05, 3.63) is 58.9 Å². The van der Waals surface area contributed by atoms with Crippen LogP contribution in [0.15, 0.2) is 42.6 Å². The summed E-state index contributed by atoms with van der Waals surface area (Å²) >= 11 is 11.2. The van der Waals surface area contributed by atoms with Gasteiger partial charge in [0.05, 0.1) is 17.1 Å². The molecule has 0 saturated heterocycles. The molecule has 0 atom stereocenters. The average molecular weight is 335 g/mol. The van der Waals surface area contributed by atoms with Gasteiger partial charge in [-0.05, 0) is 49.0 Å². The molecule has 0 spiro atoms. The molecule has 1 aromatic carbocycles. The maximum absolute atomic E-state index is 11.8. The van der Waals surface area contributed by atoms with Gasteiger partial charge in [0.1, 0.15) is 0 Å². The number of aromatic nitrogens is 1. The van der Waals surface area contributed by atoms with Crippen molar-refractivity contribution in [2.24, 2.45) is 0 Å². The summed E-state index contributed by atoms with van der Waals surface area (Å²) in [6, 6.07) is 11.0. The van der Waals surface area contributed by atoms with Gasteiger partial charge in [-0.15, -0.1) is 0 Å². The Morgan fingerprint density at radius 2 is 2.09 bits per heavy atom. The van der Waals surface area contributed by atoms with E-state index in [-0.39, 0.29) is 17.4 Å². The van der Waals surface area contributed by atoms with Crippen molar-refractivity contribution < 1.29 is 4.79 Å². The molecule has 0 saturated carbocycles. The van der Waals surface area contributed by atoms with Crippen LogP contribution in [0.1, 0.15) is 11.3 Å². The minimum Gasteiger partial charge on any atom is -0.330 e. The molecule has 2 rings (SSSR count). The monoisotopic (exact) mass is 334 g/mol. The third-order valence-corrected chi connectivity index (χ3v) is 3.29. The molecule has 0 radical (unpaired) electrons. The number of thiocarbonyl (C=S) groups is 1. The third-order valence-electron chi connectivity index (χ3n) is 2.75. The number of hydrogen-bond acceptors (Lipinski definition) is 3. The predicted octanol–water partition coefficient (Wildman–Crippen LogP) is 2.60. The number of pyridine rings is 1. The number of hydrogen-bond donors (Lipinski definition) is 3. The minimum atomic E-state index is -0.238. The lowest BCUT2D eigenvalue weighted by Gasteiger charge is -2.13. The lowest BCUT2D eigenvalue weighted by Crippen LogP contribution is -2.44. The minimum absolute atomic E-state index is 0.168. The van der Waals surface area contributed by atoms with E-state index in [2.05, 4.69) is 21.2 Å². The number of aryl methyl sites for hydroxylation is 1. The number of nitrogens with one attached hydrogen (secondary N) is 3. The third kappa shape index (κ3) is 4.98. The number of hydrazine groups is 1. The summed E-state index contributed by atoms with van der Waals surface area (Å²) in [5.41, 5.74) is 7.55. The van der Waals surface area contributed by atoms with Gasteiger partial charge in [0.25, 0.3) is 0 Å². The van der Waals surface area contributed by atoms with Crippen LogP contribution in [0.2, 0.25) is 5.02 Å². The quantitative estimate of drug-likeness (QED) is 0.595. The van der Waals surface area contributed by atoms with Gasteiger partial charge in [-0.2, -0.15) is 0 Å². The van der Waals surface area contributed by atoms with Crippen LogP contribution in [-0.4, -0.2) is 16.0 Å². The van der Waals surface area contributed by atoms with Crippen LogP contribution in [0.5, 0.6) is 0 Å². The zero-order chi connectivity index (χ0) is 15.9. The highest BCUT2D eigenvalue weighted by Gasteiger charge is 2.06. The standard InChI is InChI=1S/C15H15ClN4OS/c1-10-5-6-12(16)13(8-10)18-15(22)20-19-14(21)9-11-4-2-3-7-17-11/h2-8H,9H2,1H3,(H,19,21)(H2,18,20,22). The van der Waals surface area contributed by atoms with Crippen molar-refractivity contribution in [1.82, 2.24) is 15.8 Å². The first-order valence-corrected chi connectivity index (χ1v) is 7.35. The Hall–Kier alpha value is -2.18. The molecule has 0 aliphatic heterocycles. The highest BCUT2D eigenvalue weighted by molar-refractivity contribution is 7.80. The van der Waals surface area contributed by atoms with E-state index in [0.29, 0.717) is 16.4 Å². The predicted molar refractivity (Wildman–Crippen MR) is 91.6 cm³/mol. The number of benzene rings is 1. The molecule has 114 valence electrons. The number of nitrogens with zero attached hydrogens (tertiary/aromatic N) is 1. The smallest absolute Gasteiger partial charge is 0.244 e. The fourth-order valence-electron chi connectivity index (χ4n) is 1.73. The maximum atomic E-state index is 11.8. The van der Waals surface area contributed by atoms with Crippen LogP contribution in [0.3, 0.4) is 0 Å². The molecule has 1 amide bonds. The maximum Gasteiger partial charge on any atom is 0.244 e. The van der Waals surface area contributed by atoms with Crippen LogP contribution < -0.4 is 16.2 Å². The van der Waals surface area contributed by atoms with Gasteiger partial charge in [-0.3, -0.25) is 20.6 Å². The number of carbonyl (C=O) groups excluding carboxylic acids is 1. The largest absolute Gasteiger partial charge is 0.330 e. The van der Waals surface area contributed by atoms with E-state index < -0.39 is 0 Å². The van der Waals surface area contributed by atoms with E-state index in [4.69, 9.17) is 23.8 Å². The van der Waals surface area contributed by atoms with Crippen LogP contribution >= 0.6 is 23.8 Å². The van der Waals surface area contributed by atoms with Crippen molar-refractivity contribution in [2.45, 2.75) is 13.3 Å². The Labute approximate surface area is 139 Å². The van der Waals surface area contributed by atoms with E-state index in [0.717, 1.165) is 5.56 Å². The topological polar surface area (TPSA) is 66.0 Å². The summed E-state index contributed by atoms with van der Waals surface area (Å²) in [5, 5.41) is 3.73. The highest BCUT2D eigenvalue weighted by Crippen LogP contribution is 2.22. The average Bonchev–Trinajstić information content (AvgIpc) is 2.50. The number of rotatable bonds is 3. The highest BCUT2D eigenvalue weighted by atomic mass is 35.5. The van der Waals surface area contributed by atoms with E-state index in [1.807, 2.05) is 25.1 Å². The zero-order valence-corrected chi connectivity index (χ0v) is 13.5. The molecule has 0 bridgehead atoms. The SMILES string of the molecule is Cc1ccc(Cl)c(NC(=S)NNC(=O)Cc2ccccn2)c1. The fraction of sp³-hybridized carbons (Fsp3) is 0.133. The second kappa shape index (κ2) is 7.72. The van der Waals surface area contributed by atoms with Crippen molar-refractivity contribution in [3.8, 4) is 0 Å². The lowest BCUT2D eigenvalue weighted by atomic mass is 10.2. The molecule has 1 aromatic heterocycles. The van der Waals surface area contributed by atoms with Gasteiger partial charge in [0.2, 0.25) is 5.91 Å². The summed E-state index contributed by atoms with van der Waals surface area (Å²) in [4.78, 5) is 15.8. The molecule has 0 aliphatic carbocycles. The Balaban J connectivity index is 1.82. The molecular formula is C15H15ClN4OS. The number of anilines is 1. The Bertz CT molecular complexity index is 678. The van der Waals surface area contributed by atoms with Crippen LogP contribution in [0.4, 0.5) is 5.69 Å². The summed E-state index contributed by atoms with van der Waals surface area (Å²) < 4.78 is 0. The van der Waals surface area contributed by atoms with Crippen molar-refractivity contribution in [2.75, 3.05) is 5.32 Å². The van der Waals surface area contributed by atoms with E-state index in [1.165, 1.54) is 0 Å². The van der Waals surface area contributed by atoms with Crippen LogP contribution in [0, 0.1) is 6.92 Å². The molecule has 22 heavy (non-hydrogen) atoms. The molecule has 0 aliphatic rings. The van der Waals surface area contributed by atoms with Gasteiger partial charge in [-0.1, -0.05) is 23.7 Å². The van der Waals surface area contributed by atoms with Crippen molar-refractivity contribution in [1.29, 1.82) is 0 Å². The summed E-state index contributed by atoms with van der Waals surface area (Å²) in [6.45, 7) is 1.95. The number of carbonyl (C=O) groups is 1. The Morgan fingerprint density at radius 1 is 1.27 bits per heavy atom. The molecular weight excluding hydrogens is 320 g/mol. The Kier molecular flexibility index (Phi) is 5.68. The second-order valence-electron chi connectivity index (χ2n) is 4.61. The molecule has 0 fully saturated rings. The molecule has 1 heterocycles. The second-order valence-corrected chi connectivity index (χ2v) is 5.42. The first-order valence-electron chi connectivity index (χ1n) is 6.56. The van der Waals surface area contributed by atoms with Crippen LogP contribution in [0.25, 0.3) is 0 Å². The fourth-order valence-corrected chi connectivity index (χ4v) is 2.05.